The Morgan fingerprint density at radius 1 is 1.44 bits per heavy atom. The van der Waals surface area contributed by atoms with Gasteiger partial charge in [0.25, 0.3) is 0 Å². The SMILES string of the molecule is CCC(C#N)(C#N)CC1(c2cccc(Cl)c2)CO1. The molecule has 3 nitrogen and oxygen atoms in total. The van der Waals surface area contributed by atoms with Crippen LogP contribution in [0.5, 0.6) is 0 Å². The number of epoxide rings is 1. The Hall–Kier alpha value is -1.55. The van der Waals surface area contributed by atoms with Crippen LogP contribution in [0, 0.1) is 28.1 Å². The summed E-state index contributed by atoms with van der Waals surface area (Å²) in [4.78, 5) is 0. The largest absolute Gasteiger partial charge is 0.364 e. The first-order valence-corrected chi connectivity index (χ1v) is 6.20. The Morgan fingerprint density at radius 3 is 2.56 bits per heavy atom. The fourth-order valence-corrected chi connectivity index (χ4v) is 2.29. The van der Waals surface area contributed by atoms with Crippen molar-refractivity contribution in [2.75, 3.05) is 6.61 Å². The number of ether oxygens (including phenoxy) is 1. The molecule has 0 amide bonds. The maximum absolute atomic E-state index is 9.22. The molecule has 92 valence electrons. The first kappa shape index (κ1) is 12.9. The van der Waals surface area contributed by atoms with E-state index < -0.39 is 11.0 Å². The fraction of sp³-hybridized carbons (Fsp3) is 0.429. The minimum Gasteiger partial charge on any atom is -0.364 e. The van der Waals surface area contributed by atoms with Crippen LogP contribution in [0.1, 0.15) is 25.3 Å². The van der Waals surface area contributed by atoms with Crippen LogP contribution in [-0.2, 0) is 10.3 Å². The van der Waals surface area contributed by atoms with Crippen molar-refractivity contribution < 1.29 is 4.74 Å². The standard InChI is InChI=1S/C14H13ClN2O/c1-2-13(8-16,9-17)7-14(10-18-14)11-4-3-5-12(15)6-11/h3-6H,2,7,10H2,1H3. The lowest BCUT2D eigenvalue weighted by molar-refractivity contribution is 0.244. The predicted octanol–water partition coefficient (Wildman–Crippen LogP) is 3.40. The summed E-state index contributed by atoms with van der Waals surface area (Å²) in [7, 11) is 0. The smallest absolute Gasteiger partial charge is 0.146 e. The number of halogens is 1. The van der Waals surface area contributed by atoms with Gasteiger partial charge in [-0.2, -0.15) is 10.5 Å². The van der Waals surface area contributed by atoms with Gasteiger partial charge in [0.1, 0.15) is 11.0 Å². The summed E-state index contributed by atoms with van der Waals surface area (Å²) >= 11 is 5.97. The molecule has 1 fully saturated rings. The van der Waals surface area contributed by atoms with Crippen LogP contribution in [-0.4, -0.2) is 6.61 Å². The lowest BCUT2D eigenvalue weighted by Gasteiger charge is -2.21. The molecule has 0 bridgehead atoms. The molecule has 0 saturated carbocycles. The first-order valence-electron chi connectivity index (χ1n) is 5.82. The fourth-order valence-electron chi connectivity index (χ4n) is 2.10. The van der Waals surface area contributed by atoms with Crippen LogP contribution in [0.3, 0.4) is 0 Å². The van der Waals surface area contributed by atoms with Crippen molar-refractivity contribution in [3.05, 3.63) is 34.9 Å². The van der Waals surface area contributed by atoms with Gasteiger partial charge < -0.3 is 4.74 Å². The van der Waals surface area contributed by atoms with E-state index in [1.807, 2.05) is 25.1 Å². The van der Waals surface area contributed by atoms with E-state index in [-0.39, 0.29) is 0 Å². The number of benzene rings is 1. The van der Waals surface area contributed by atoms with Crippen LogP contribution in [0.2, 0.25) is 5.02 Å². The summed E-state index contributed by atoms with van der Waals surface area (Å²) < 4.78 is 5.54. The van der Waals surface area contributed by atoms with Crippen molar-refractivity contribution in [3.8, 4) is 12.1 Å². The Kier molecular flexibility index (Phi) is 3.30. The zero-order chi connectivity index (χ0) is 13.2. The van der Waals surface area contributed by atoms with Gasteiger partial charge in [0.2, 0.25) is 0 Å². The molecule has 1 unspecified atom stereocenters. The lowest BCUT2D eigenvalue weighted by Crippen LogP contribution is -2.24. The molecule has 0 aliphatic carbocycles. The van der Waals surface area contributed by atoms with Crippen LogP contribution in [0.25, 0.3) is 0 Å². The second kappa shape index (κ2) is 4.61. The van der Waals surface area contributed by atoms with E-state index in [2.05, 4.69) is 12.1 Å². The van der Waals surface area contributed by atoms with Gasteiger partial charge in [-0.05, 0) is 24.1 Å². The molecule has 18 heavy (non-hydrogen) atoms. The predicted molar refractivity (Wildman–Crippen MR) is 67.6 cm³/mol. The molecular formula is C14H13ClN2O. The van der Waals surface area contributed by atoms with Crippen LogP contribution in [0.4, 0.5) is 0 Å². The molecule has 1 aromatic carbocycles. The molecular weight excluding hydrogens is 248 g/mol. The van der Waals surface area contributed by atoms with Gasteiger partial charge in [0, 0.05) is 11.4 Å². The summed E-state index contributed by atoms with van der Waals surface area (Å²) in [6, 6.07) is 11.7. The molecule has 1 atom stereocenters. The second-order valence-corrected chi connectivity index (χ2v) is 5.07. The summed E-state index contributed by atoms with van der Waals surface area (Å²) in [5.74, 6) is 0. The van der Waals surface area contributed by atoms with Crippen molar-refractivity contribution in [3.63, 3.8) is 0 Å². The second-order valence-electron chi connectivity index (χ2n) is 4.63. The van der Waals surface area contributed by atoms with Gasteiger partial charge in [-0.3, -0.25) is 0 Å². The highest BCUT2D eigenvalue weighted by Crippen LogP contribution is 2.48. The highest BCUT2D eigenvalue weighted by atomic mass is 35.5. The van der Waals surface area contributed by atoms with Crippen LogP contribution in [0.15, 0.2) is 24.3 Å². The van der Waals surface area contributed by atoms with Gasteiger partial charge in [0.05, 0.1) is 18.7 Å². The minimum atomic E-state index is -0.987. The molecule has 1 aliphatic rings. The van der Waals surface area contributed by atoms with Crippen molar-refractivity contribution in [1.82, 2.24) is 0 Å². The molecule has 0 spiro atoms. The highest BCUT2D eigenvalue weighted by molar-refractivity contribution is 6.30. The number of nitriles is 2. The summed E-state index contributed by atoms with van der Waals surface area (Å²) in [6.45, 7) is 2.39. The molecule has 1 aromatic rings. The summed E-state index contributed by atoms with van der Waals surface area (Å²) in [5, 5.41) is 19.1. The van der Waals surface area contributed by atoms with E-state index in [4.69, 9.17) is 16.3 Å². The Bertz CT molecular complexity index is 523. The Labute approximate surface area is 112 Å². The molecule has 4 heteroatoms. The monoisotopic (exact) mass is 260 g/mol. The number of hydrogen-bond acceptors (Lipinski definition) is 3. The maximum atomic E-state index is 9.22. The van der Waals surface area contributed by atoms with Crippen molar-refractivity contribution in [2.24, 2.45) is 5.41 Å². The third-order valence-corrected chi connectivity index (χ3v) is 3.70. The van der Waals surface area contributed by atoms with Gasteiger partial charge in [-0.15, -0.1) is 0 Å². The molecule has 2 rings (SSSR count). The average Bonchev–Trinajstić information content (AvgIpc) is 3.17. The molecule has 1 saturated heterocycles. The summed E-state index contributed by atoms with van der Waals surface area (Å²) in [5.41, 5.74) is -0.552. The van der Waals surface area contributed by atoms with Gasteiger partial charge in [0.15, 0.2) is 0 Å². The Morgan fingerprint density at radius 2 is 2.11 bits per heavy atom. The van der Waals surface area contributed by atoms with E-state index in [1.54, 1.807) is 6.07 Å². The van der Waals surface area contributed by atoms with Crippen molar-refractivity contribution >= 4 is 11.6 Å². The van der Waals surface area contributed by atoms with Gasteiger partial charge in [-0.1, -0.05) is 30.7 Å². The number of hydrogen-bond donors (Lipinski definition) is 0. The number of rotatable bonds is 4. The molecule has 0 aromatic heterocycles. The topological polar surface area (TPSA) is 60.1 Å². The third-order valence-electron chi connectivity index (χ3n) is 3.46. The van der Waals surface area contributed by atoms with Gasteiger partial charge in [-0.25, -0.2) is 0 Å². The normalized spacial score (nSPS) is 22.0. The van der Waals surface area contributed by atoms with E-state index in [0.717, 1.165) is 5.56 Å². The zero-order valence-electron chi connectivity index (χ0n) is 10.1. The quantitative estimate of drug-likeness (QED) is 0.780. The van der Waals surface area contributed by atoms with Gasteiger partial charge >= 0.3 is 0 Å². The van der Waals surface area contributed by atoms with Crippen LogP contribution < -0.4 is 0 Å². The average molecular weight is 261 g/mol. The van der Waals surface area contributed by atoms with E-state index in [1.165, 1.54) is 0 Å². The lowest BCUT2D eigenvalue weighted by atomic mass is 9.77. The third kappa shape index (κ3) is 2.20. The maximum Gasteiger partial charge on any atom is 0.146 e. The molecule has 1 aliphatic heterocycles. The molecule has 1 heterocycles. The molecule has 0 radical (unpaired) electrons. The summed E-state index contributed by atoms with van der Waals surface area (Å²) in [6.07, 6.45) is 0.884. The van der Waals surface area contributed by atoms with Crippen LogP contribution >= 0.6 is 11.6 Å². The minimum absolute atomic E-state index is 0.393. The first-order chi connectivity index (χ1) is 8.60. The Balaban J connectivity index is 2.29. The molecule has 0 N–H and O–H groups in total. The van der Waals surface area contributed by atoms with E-state index in [0.29, 0.717) is 24.5 Å². The van der Waals surface area contributed by atoms with Crippen molar-refractivity contribution in [2.45, 2.75) is 25.4 Å². The zero-order valence-corrected chi connectivity index (χ0v) is 10.9. The highest BCUT2D eigenvalue weighted by Gasteiger charge is 2.52. The van der Waals surface area contributed by atoms with E-state index in [9.17, 15) is 10.5 Å². The van der Waals surface area contributed by atoms with E-state index >= 15 is 0 Å². The number of nitrogens with zero attached hydrogens (tertiary/aromatic N) is 2. The van der Waals surface area contributed by atoms with Crippen molar-refractivity contribution in [1.29, 1.82) is 10.5 Å².